The summed E-state index contributed by atoms with van der Waals surface area (Å²) in [7, 11) is 0. The van der Waals surface area contributed by atoms with Gasteiger partial charge in [-0.25, -0.2) is 0 Å². The number of carboxylic acids is 1. The molecule has 106 valence electrons. The van der Waals surface area contributed by atoms with Gasteiger partial charge in [0, 0.05) is 0 Å². The van der Waals surface area contributed by atoms with Crippen LogP contribution in [0.15, 0.2) is 23.8 Å². The van der Waals surface area contributed by atoms with Gasteiger partial charge in [0.15, 0.2) is 0 Å². The molecule has 0 bridgehead atoms. The van der Waals surface area contributed by atoms with E-state index in [9.17, 15) is 9.90 Å². The zero-order valence-corrected chi connectivity index (χ0v) is 12.5. The minimum atomic E-state index is -1.13. The predicted octanol–water partition coefficient (Wildman–Crippen LogP) is 3.47. The quantitative estimate of drug-likeness (QED) is 0.532. The fourth-order valence-corrected chi connectivity index (χ4v) is 1.71. The Morgan fingerprint density at radius 1 is 1.22 bits per heavy atom. The molecule has 0 rings (SSSR count). The number of carboxylic acid groups (broad SMARTS) is 1. The molecule has 0 aliphatic carbocycles. The molecular weight excluding hydrogens is 226 g/mol. The molecule has 0 saturated heterocycles. The van der Waals surface area contributed by atoms with Gasteiger partial charge in [-0.15, -0.1) is 0 Å². The van der Waals surface area contributed by atoms with E-state index >= 15 is 0 Å². The molecule has 0 spiro atoms. The van der Waals surface area contributed by atoms with Crippen molar-refractivity contribution < 1.29 is 9.90 Å². The van der Waals surface area contributed by atoms with E-state index in [0.29, 0.717) is 5.92 Å². The van der Waals surface area contributed by atoms with E-state index in [1.54, 1.807) is 6.92 Å². The van der Waals surface area contributed by atoms with Crippen molar-refractivity contribution in [2.75, 3.05) is 0 Å². The maximum atomic E-state index is 10.3. The van der Waals surface area contributed by atoms with Gasteiger partial charge in [0.1, 0.15) is 0 Å². The Balaban J connectivity index is 0. The number of allylic oxidation sites excluding steroid dienone is 3. The SMILES string of the molecule is CC(/C=C/CC(C)CCCC(C)C)=C\C(=O)[O-].[NH4+]. The third kappa shape index (κ3) is 13.0. The van der Waals surface area contributed by atoms with Gasteiger partial charge in [-0.3, -0.25) is 0 Å². The lowest BCUT2D eigenvalue weighted by Gasteiger charge is -2.09. The normalized spacial score (nSPS) is 13.7. The average Bonchev–Trinajstić information content (AvgIpc) is 2.15. The number of hydrogen-bond donors (Lipinski definition) is 1. The van der Waals surface area contributed by atoms with Gasteiger partial charge in [0.05, 0.1) is 5.97 Å². The van der Waals surface area contributed by atoms with Crippen LogP contribution in [0, 0.1) is 11.8 Å². The number of rotatable bonds is 8. The highest BCUT2D eigenvalue weighted by Gasteiger charge is 2.00. The van der Waals surface area contributed by atoms with Gasteiger partial charge in [-0.05, 0) is 36.8 Å². The van der Waals surface area contributed by atoms with Crippen LogP contribution in [0.25, 0.3) is 0 Å². The summed E-state index contributed by atoms with van der Waals surface area (Å²) >= 11 is 0. The zero-order chi connectivity index (χ0) is 13.3. The highest BCUT2D eigenvalue weighted by molar-refractivity contribution is 5.79. The first-order chi connectivity index (χ1) is 7.91. The Morgan fingerprint density at radius 3 is 2.33 bits per heavy atom. The van der Waals surface area contributed by atoms with Crippen LogP contribution in [0.5, 0.6) is 0 Å². The molecule has 4 N–H and O–H groups in total. The number of carbonyl (C=O) groups excluding carboxylic acids is 1. The van der Waals surface area contributed by atoms with Crippen LogP contribution in [0.3, 0.4) is 0 Å². The van der Waals surface area contributed by atoms with E-state index in [-0.39, 0.29) is 6.15 Å². The monoisotopic (exact) mass is 255 g/mol. The fraction of sp³-hybridized carbons (Fsp3) is 0.667. The molecule has 0 aliphatic heterocycles. The molecule has 0 heterocycles. The van der Waals surface area contributed by atoms with Crippen molar-refractivity contribution in [3.63, 3.8) is 0 Å². The molecule has 0 radical (unpaired) electrons. The van der Waals surface area contributed by atoms with Crippen LogP contribution in [0.4, 0.5) is 0 Å². The molecule has 1 atom stereocenters. The molecule has 3 nitrogen and oxygen atoms in total. The molecule has 0 aromatic carbocycles. The van der Waals surface area contributed by atoms with Gasteiger partial charge in [-0.2, -0.15) is 0 Å². The number of quaternary nitrogens is 1. The predicted molar refractivity (Wildman–Crippen MR) is 76.4 cm³/mol. The van der Waals surface area contributed by atoms with Crippen LogP contribution in [0.1, 0.15) is 53.4 Å². The van der Waals surface area contributed by atoms with Crippen molar-refractivity contribution in [2.45, 2.75) is 53.4 Å². The maximum Gasteiger partial charge on any atom is 0.0645 e. The fourth-order valence-electron chi connectivity index (χ4n) is 1.71. The number of aliphatic carboxylic acids is 1. The molecule has 18 heavy (non-hydrogen) atoms. The van der Waals surface area contributed by atoms with Crippen molar-refractivity contribution in [2.24, 2.45) is 11.8 Å². The molecular formula is C15H29NO2. The van der Waals surface area contributed by atoms with Crippen LogP contribution < -0.4 is 11.3 Å². The van der Waals surface area contributed by atoms with E-state index in [1.807, 2.05) is 6.08 Å². The third-order valence-electron chi connectivity index (χ3n) is 2.74. The molecule has 3 heteroatoms. The standard InChI is InChI=1S/C15H26O2.H3N/c1-12(2)7-5-8-13(3)9-6-10-14(4)11-15(16)17;/h6,10-13H,5,7-9H2,1-4H3,(H,16,17);1H3/b10-6+,14-11+;. The molecule has 0 amide bonds. The topological polar surface area (TPSA) is 76.6 Å². The largest absolute Gasteiger partial charge is 0.545 e. The summed E-state index contributed by atoms with van der Waals surface area (Å²) in [4.78, 5) is 10.3. The van der Waals surface area contributed by atoms with Crippen LogP contribution in [-0.2, 0) is 4.79 Å². The Morgan fingerprint density at radius 2 is 1.83 bits per heavy atom. The van der Waals surface area contributed by atoms with Crippen molar-refractivity contribution in [1.29, 1.82) is 0 Å². The van der Waals surface area contributed by atoms with Crippen LogP contribution >= 0.6 is 0 Å². The highest BCUT2D eigenvalue weighted by Crippen LogP contribution is 2.15. The summed E-state index contributed by atoms with van der Waals surface area (Å²) < 4.78 is 0. The molecule has 0 fully saturated rings. The Hall–Kier alpha value is -1.09. The smallest absolute Gasteiger partial charge is 0.0645 e. The summed E-state index contributed by atoms with van der Waals surface area (Å²) in [6, 6.07) is 0. The first-order valence-corrected chi connectivity index (χ1v) is 6.47. The summed E-state index contributed by atoms with van der Waals surface area (Å²) in [6.07, 6.45) is 9.85. The van der Waals surface area contributed by atoms with Gasteiger partial charge >= 0.3 is 0 Å². The second-order valence-electron chi connectivity index (χ2n) is 5.28. The van der Waals surface area contributed by atoms with E-state index < -0.39 is 5.97 Å². The summed E-state index contributed by atoms with van der Waals surface area (Å²) in [5.74, 6) is 0.323. The third-order valence-corrected chi connectivity index (χ3v) is 2.74. The van der Waals surface area contributed by atoms with Crippen molar-refractivity contribution in [3.8, 4) is 0 Å². The molecule has 0 saturated carbocycles. The maximum absolute atomic E-state index is 10.3. The van der Waals surface area contributed by atoms with Crippen molar-refractivity contribution in [1.82, 2.24) is 6.15 Å². The van der Waals surface area contributed by atoms with Crippen molar-refractivity contribution in [3.05, 3.63) is 23.8 Å². The lowest BCUT2D eigenvalue weighted by Crippen LogP contribution is -2.19. The highest BCUT2D eigenvalue weighted by atomic mass is 16.4. The van der Waals surface area contributed by atoms with Crippen LogP contribution in [-0.4, -0.2) is 5.97 Å². The average molecular weight is 255 g/mol. The first kappa shape index (κ1) is 19.3. The minimum absolute atomic E-state index is 0. The van der Waals surface area contributed by atoms with E-state index in [1.165, 1.54) is 19.3 Å². The second-order valence-corrected chi connectivity index (χ2v) is 5.28. The lowest BCUT2D eigenvalue weighted by molar-refractivity contribution is -0.297. The second kappa shape index (κ2) is 11.0. The first-order valence-electron chi connectivity index (χ1n) is 6.47. The van der Waals surface area contributed by atoms with E-state index in [2.05, 4.69) is 26.8 Å². The summed E-state index contributed by atoms with van der Waals surface area (Å²) in [5, 5.41) is 10.3. The molecule has 1 unspecified atom stereocenters. The molecule has 0 aliphatic rings. The lowest BCUT2D eigenvalue weighted by atomic mass is 9.97. The molecule has 0 aromatic rings. The minimum Gasteiger partial charge on any atom is -0.545 e. The number of carbonyl (C=O) groups is 1. The van der Waals surface area contributed by atoms with Gasteiger partial charge in [0.25, 0.3) is 0 Å². The van der Waals surface area contributed by atoms with Gasteiger partial charge < -0.3 is 16.1 Å². The van der Waals surface area contributed by atoms with E-state index in [0.717, 1.165) is 24.0 Å². The molecule has 0 aromatic heterocycles. The van der Waals surface area contributed by atoms with Crippen LogP contribution in [0.2, 0.25) is 0 Å². The van der Waals surface area contributed by atoms with E-state index in [4.69, 9.17) is 0 Å². The van der Waals surface area contributed by atoms with Crippen molar-refractivity contribution >= 4 is 5.97 Å². The van der Waals surface area contributed by atoms with Gasteiger partial charge in [0.2, 0.25) is 0 Å². The zero-order valence-electron chi connectivity index (χ0n) is 12.5. The summed E-state index contributed by atoms with van der Waals surface area (Å²) in [6.45, 7) is 8.51. The number of hydrogen-bond acceptors (Lipinski definition) is 2. The Kier molecular flexibility index (Phi) is 11.8. The Bertz CT molecular complexity index is 280. The summed E-state index contributed by atoms with van der Waals surface area (Å²) in [5.41, 5.74) is 0.736. The van der Waals surface area contributed by atoms with Gasteiger partial charge in [-0.1, -0.05) is 52.2 Å². The Labute approximate surface area is 112 Å².